The summed E-state index contributed by atoms with van der Waals surface area (Å²) in [7, 11) is 1.61. The monoisotopic (exact) mass is 347 g/mol. The molecule has 0 aromatic heterocycles. The maximum absolute atomic E-state index is 12.2. The molecule has 126 valence electrons. The minimum atomic E-state index is -0.103. The average Bonchev–Trinajstić information content (AvgIpc) is 2.60. The van der Waals surface area contributed by atoms with E-state index in [0.717, 1.165) is 16.9 Å². The second-order valence-electron chi connectivity index (χ2n) is 5.37. The van der Waals surface area contributed by atoms with Crippen LogP contribution in [-0.2, 0) is 17.8 Å². The number of hydrogen-bond donors (Lipinski definition) is 1. The van der Waals surface area contributed by atoms with Gasteiger partial charge in [-0.05, 0) is 23.8 Å². The van der Waals surface area contributed by atoms with Crippen LogP contribution < -0.4 is 19.5 Å². The fourth-order valence-electron chi connectivity index (χ4n) is 2.56. The molecule has 2 aromatic carbocycles. The molecule has 24 heavy (non-hydrogen) atoms. The summed E-state index contributed by atoms with van der Waals surface area (Å²) in [6.45, 7) is 1.36. The Morgan fingerprint density at radius 3 is 2.88 bits per heavy atom. The molecule has 1 aliphatic rings. The third kappa shape index (κ3) is 3.74. The molecule has 0 atom stereocenters. The quantitative estimate of drug-likeness (QED) is 0.903. The zero-order valence-electron chi connectivity index (χ0n) is 13.3. The van der Waals surface area contributed by atoms with Gasteiger partial charge in [0.1, 0.15) is 19.0 Å². The van der Waals surface area contributed by atoms with Crippen LogP contribution in [0.1, 0.15) is 11.1 Å². The molecular formula is C18H18ClNO4. The summed E-state index contributed by atoms with van der Waals surface area (Å²) in [5.41, 5.74) is 1.70. The number of hydrogen-bond acceptors (Lipinski definition) is 4. The highest BCUT2D eigenvalue weighted by atomic mass is 35.5. The molecule has 0 saturated heterocycles. The van der Waals surface area contributed by atoms with Crippen molar-refractivity contribution in [2.24, 2.45) is 0 Å². The Bertz CT molecular complexity index is 748. The van der Waals surface area contributed by atoms with Crippen LogP contribution in [0.2, 0.25) is 5.02 Å². The topological polar surface area (TPSA) is 56.8 Å². The lowest BCUT2D eigenvalue weighted by atomic mass is 10.1. The highest BCUT2D eigenvalue weighted by molar-refractivity contribution is 6.32. The van der Waals surface area contributed by atoms with Gasteiger partial charge in [0.15, 0.2) is 11.5 Å². The molecule has 0 aliphatic carbocycles. The summed E-state index contributed by atoms with van der Waals surface area (Å²) in [6, 6.07) is 11.1. The molecule has 0 radical (unpaired) electrons. The Morgan fingerprint density at radius 1 is 1.25 bits per heavy atom. The molecule has 0 fully saturated rings. The molecule has 5 nitrogen and oxygen atoms in total. The Morgan fingerprint density at radius 2 is 2.04 bits per heavy atom. The molecule has 0 unspecified atom stereocenters. The van der Waals surface area contributed by atoms with Crippen molar-refractivity contribution in [3.05, 3.63) is 52.5 Å². The van der Waals surface area contributed by atoms with Gasteiger partial charge in [-0.2, -0.15) is 0 Å². The molecule has 6 heteroatoms. The number of amides is 1. The van der Waals surface area contributed by atoms with Crippen molar-refractivity contribution in [3.63, 3.8) is 0 Å². The minimum Gasteiger partial charge on any atom is -0.496 e. The summed E-state index contributed by atoms with van der Waals surface area (Å²) < 4.78 is 16.3. The maximum atomic E-state index is 12.2. The van der Waals surface area contributed by atoms with Crippen molar-refractivity contribution in [2.75, 3.05) is 20.3 Å². The van der Waals surface area contributed by atoms with Crippen molar-refractivity contribution in [2.45, 2.75) is 13.0 Å². The molecule has 0 spiro atoms. The van der Waals surface area contributed by atoms with Crippen LogP contribution >= 0.6 is 11.6 Å². The minimum absolute atomic E-state index is 0.103. The third-order valence-electron chi connectivity index (χ3n) is 3.69. The number of ether oxygens (including phenoxy) is 3. The standard InChI is InChI=1S/C18H18ClNO4/c1-22-15-5-3-2-4-13(15)11-20-17(21)10-12-8-14(19)18-16(9-12)23-6-7-24-18/h2-5,8-9H,6-7,10-11H2,1H3,(H,20,21). The number of fused-ring (bicyclic) bond motifs is 1. The Labute approximate surface area is 145 Å². The van der Waals surface area contributed by atoms with Gasteiger partial charge in [-0.15, -0.1) is 0 Å². The molecule has 2 aromatic rings. The number of methoxy groups -OCH3 is 1. The molecule has 1 heterocycles. The number of halogens is 1. The molecule has 1 amide bonds. The molecule has 0 saturated carbocycles. The fraction of sp³-hybridized carbons (Fsp3) is 0.278. The Balaban J connectivity index is 1.64. The van der Waals surface area contributed by atoms with Crippen LogP contribution in [0.15, 0.2) is 36.4 Å². The van der Waals surface area contributed by atoms with E-state index in [4.69, 9.17) is 25.8 Å². The van der Waals surface area contributed by atoms with Crippen molar-refractivity contribution in [1.29, 1.82) is 0 Å². The predicted octanol–water partition coefficient (Wildman–Crippen LogP) is 2.98. The van der Waals surface area contributed by atoms with E-state index in [1.165, 1.54) is 0 Å². The number of rotatable bonds is 5. The summed E-state index contributed by atoms with van der Waals surface area (Å²) in [5, 5.41) is 3.35. The molecule has 1 aliphatic heterocycles. The smallest absolute Gasteiger partial charge is 0.224 e. The predicted molar refractivity (Wildman–Crippen MR) is 91.0 cm³/mol. The highest BCUT2D eigenvalue weighted by Gasteiger charge is 2.17. The summed E-state index contributed by atoms with van der Waals surface area (Å²) >= 11 is 6.19. The second-order valence-corrected chi connectivity index (χ2v) is 5.77. The van der Waals surface area contributed by atoms with E-state index in [0.29, 0.717) is 36.3 Å². The molecule has 3 rings (SSSR count). The van der Waals surface area contributed by atoms with Gasteiger partial charge in [0, 0.05) is 12.1 Å². The van der Waals surface area contributed by atoms with E-state index in [1.807, 2.05) is 24.3 Å². The van der Waals surface area contributed by atoms with Crippen LogP contribution in [0, 0.1) is 0 Å². The van der Waals surface area contributed by atoms with Crippen molar-refractivity contribution >= 4 is 17.5 Å². The van der Waals surface area contributed by atoms with Gasteiger partial charge in [0.05, 0.1) is 18.6 Å². The van der Waals surface area contributed by atoms with Gasteiger partial charge < -0.3 is 19.5 Å². The van der Waals surface area contributed by atoms with Crippen LogP contribution in [-0.4, -0.2) is 26.2 Å². The van der Waals surface area contributed by atoms with Gasteiger partial charge in [0.2, 0.25) is 5.91 Å². The number of carbonyl (C=O) groups excluding carboxylic acids is 1. The van der Waals surface area contributed by atoms with E-state index in [9.17, 15) is 4.79 Å². The normalized spacial score (nSPS) is 12.6. The number of benzene rings is 2. The van der Waals surface area contributed by atoms with Gasteiger partial charge in [-0.25, -0.2) is 0 Å². The first-order chi connectivity index (χ1) is 11.7. The van der Waals surface area contributed by atoms with E-state index in [1.54, 1.807) is 19.2 Å². The van der Waals surface area contributed by atoms with Crippen molar-refractivity contribution < 1.29 is 19.0 Å². The van der Waals surface area contributed by atoms with Crippen LogP contribution in [0.4, 0.5) is 0 Å². The fourth-order valence-corrected chi connectivity index (χ4v) is 2.84. The Kier molecular flexibility index (Phi) is 5.11. The maximum Gasteiger partial charge on any atom is 0.224 e. The third-order valence-corrected chi connectivity index (χ3v) is 3.97. The van der Waals surface area contributed by atoms with E-state index in [2.05, 4.69) is 5.32 Å². The van der Waals surface area contributed by atoms with E-state index in [-0.39, 0.29) is 12.3 Å². The largest absolute Gasteiger partial charge is 0.496 e. The first kappa shape index (κ1) is 16.5. The molecule has 1 N–H and O–H groups in total. The van der Waals surface area contributed by atoms with Crippen molar-refractivity contribution in [3.8, 4) is 17.2 Å². The lowest BCUT2D eigenvalue weighted by Gasteiger charge is -2.20. The Hall–Kier alpha value is -2.40. The van der Waals surface area contributed by atoms with Crippen LogP contribution in [0.5, 0.6) is 17.2 Å². The first-order valence-electron chi connectivity index (χ1n) is 7.64. The number of para-hydroxylation sites is 1. The lowest BCUT2D eigenvalue weighted by Crippen LogP contribution is -2.25. The van der Waals surface area contributed by atoms with Crippen LogP contribution in [0.25, 0.3) is 0 Å². The van der Waals surface area contributed by atoms with Gasteiger partial charge >= 0.3 is 0 Å². The second kappa shape index (κ2) is 7.45. The summed E-state index contributed by atoms with van der Waals surface area (Å²) in [4.78, 5) is 12.2. The number of carbonyl (C=O) groups is 1. The van der Waals surface area contributed by atoms with Gasteiger partial charge in [-0.1, -0.05) is 29.8 Å². The lowest BCUT2D eigenvalue weighted by molar-refractivity contribution is -0.120. The first-order valence-corrected chi connectivity index (χ1v) is 8.02. The summed E-state index contributed by atoms with van der Waals surface area (Å²) in [6.07, 6.45) is 0.214. The van der Waals surface area contributed by atoms with Crippen LogP contribution in [0.3, 0.4) is 0 Å². The number of nitrogens with one attached hydrogen (secondary N) is 1. The summed E-state index contributed by atoms with van der Waals surface area (Å²) in [5.74, 6) is 1.77. The SMILES string of the molecule is COc1ccccc1CNC(=O)Cc1cc(Cl)c2c(c1)OCCO2. The molecular weight excluding hydrogens is 330 g/mol. The van der Waals surface area contributed by atoms with Crippen molar-refractivity contribution in [1.82, 2.24) is 5.32 Å². The van der Waals surface area contributed by atoms with Gasteiger partial charge in [0.25, 0.3) is 0 Å². The van der Waals surface area contributed by atoms with E-state index < -0.39 is 0 Å². The molecule has 0 bridgehead atoms. The zero-order chi connectivity index (χ0) is 16.9. The highest BCUT2D eigenvalue weighted by Crippen LogP contribution is 2.38. The van der Waals surface area contributed by atoms with Gasteiger partial charge in [-0.3, -0.25) is 4.79 Å². The zero-order valence-corrected chi connectivity index (χ0v) is 14.1. The van der Waals surface area contributed by atoms with E-state index >= 15 is 0 Å². The average molecular weight is 348 g/mol.